The molecule has 2 fully saturated rings. The third-order valence-corrected chi connectivity index (χ3v) is 5.95. The van der Waals surface area contributed by atoms with Crippen LogP contribution in [0.4, 0.5) is 25.8 Å². The lowest BCUT2D eigenvalue weighted by Gasteiger charge is -2.36. The lowest BCUT2D eigenvalue weighted by Crippen LogP contribution is -2.49. The molecule has 0 atom stereocenters. The zero-order valence-corrected chi connectivity index (χ0v) is 17.1. The smallest absolute Gasteiger partial charge is 0.295 e. The highest BCUT2D eigenvalue weighted by atomic mass is 19.1. The van der Waals surface area contributed by atoms with Crippen molar-refractivity contribution in [1.82, 2.24) is 4.90 Å². The van der Waals surface area contributed by atoms with Gasteiger partial charge in [-0.15, -0.1) is 0 Å². The van der Waals surface area contributed by atoms with E-state index in [4.69, 9.17) is 0 Å². The fraction of sp³-hybridized carbons (Fsp3) is 0.409. The molecule has 7 nitrogen and oxygen atoms in total. The van der Waals surface area contributed by atoms with E-state index in [1.807, 2.05) is 4.90 Å². The van der Waals surface area contributed by atoms with E-state index in [9.17, 15) is 23.7 Å². The van der Waals surface area contributed by atoms with Crippen LogP contribution in [0.15, 0.2) is 36.4 Å². The van der Waals surface area contributed by atoms with Gasteiger partial charge in [-0.1, -0.05) is 12.1 Å². The Morgan fingerprint density at radius 2 is 1.48 bits per heavy atom. The molecule has 0 unspecified atom stereocenters. The first-order valence-electron chi connectivity index (χ1n) is 10.5. The molecule has 2 aliphatic rings. The maximum absolute atomic E-state index is 14.7. The molecule has 0 bridgehead atoms. The number of hydrogen-bond donors (Lipinski definition) is 0. The second-order valence-electron chi connectivity index (χ2n) is 7.86. The maximum Gasteiger partial charge on any atom is 0.295 e. The third-order valence-electron chi connectivity index (χ3n) is 5.95. The van der Waals surface area contributed by atoms with Crippen molar-refractivity contribution in [2.24, 2.45) is 0 Å². The van der Waals surface area contributed by atoms with Gasteiger partial charge < -0.3 is 14.7 Å². The number of nitro benzene ring substituents is 1. The van der Waals surface area contributed by atoms with E-state index in [2.05, 4.69) is 0 Å². The molecule has 2 heterocycles. The lowest BCUT2D eigenvalue weighted by atomic mass is 10.1. The Hall–Kier alpha value is -3.23. The summed E-state index contributed by atoms with van der Waals surface area (Å²) in [5.74, 6) is -1.57. The van der Waals surface area contributed by atoms with Gasteiger partial charge in [0.25, 0.3) is 11.6 Å². The molecule has 0 N–H and O–H groups in total. The van der Waals surface area contributed by atoms with Crippen molar-refractivity contribution in [2.75, 3.05) is 49.1 Å². The Labute approximate surface area is 179 Å². The van der Waals surface area contributed by atoms with Gasteiger partial charge in [0.1, 0.15) is 11.5 Å². The second-order valence-corrected chi connectivity index (χ2v) is 7.86. The first-order chi connectivity index (χ1) is 15.0. The van der Waals surface area contributed by atoms with Crippen LogP contribution >= 0.6 is 0 Å². The van der Waals surface area contributed by atoms with Crippen molar-refractivity contribution in [3.63, 3.8) is 0 Å². The number of anilines is 2. The zero-order valence-electron chi connectivity index (χ0n) is 17.1. The Bertz CT molecular complexity index is 987. The lowest BCUT2D eigenvalue weighted by molar-refractivity contribution is -0.384. The summed E-state index contributed by atoms with van der Waals surface area (Å²) in [6.45, 7) is 2.71. The molecule has 0 aliphatic carbocycles. The molecule has 0 saturated carbocycles. The first kappa shape index (κ1) is 21.0. The zero-order chi connectivity index (χ0) is 22.0. The molecule has 1 amide bonds. The van der Waals surface area contributed by atoms with Gasteiger partial charge in [-0.25, -0.2) is 8.78 Å². The topological polar surface area (TPSA) is 69.9 Å². The number of carbonyl (C=O) groups excluding carboxylic acids is 1. The van der Waals surface area contributed by atoms with E-state index in [1.54, 1.807) is 17.0 Å². The molecule has 9 heteroatoms. The summed E-state index contributed by atoms with van der Waals surface area (Å²) in [5, 5.41) is 11.6. The summed E-state index contributed by atoms with van der Waals surface area (Å²) in [4.78, 5) is 28.9. The van der Waals surface area contributed by atoms with Crippen molar-refractivity contribution in [2.45, 2.75) is 19.3 Å². The average molecular weight is 430 g/mol. The summed E-state index contributed by atoms with van der Waals surface area (Å²) in [5.41, 5.74) is 0.457. The molecule has 4 rings (SSSR count). The molecular weight excluding hydrogens is 406 g/mol. The summed E-state index contributed by atoms with van der Waals surface area (Å²) in [6.07, 6.45) is 3.02. The van der Waals surface area contributed by atoms with Crippen LogP contribution in [0.2, 0.25) is 0 Å². The molecule has 0 aromatic heterocycles. The predicted molar refractivity (Wildman–Crippen MR) is 114 cm³/mol. The molecule has 2 saturated heterocycles. The molecule has 2 aliphatic heterocycles. The quantitative estimate of drug-likeness (QED) is 0.545. The summed E-state index contributed by atoms with van der Waals surface area (Å²) in [7, 11) is 0. The minimum Gasteiger partial charge on any atom is -0.369 e. The summed E-state index contributed by atoms with van der Waals surface area (Å²) in [6, 6.07) is 8.38. The molecule has 31 heavy (non-hydrogen) atoms. The Morgan fingerprint density at radius 1 is 0.839 bits per heavy atom. The van der Waals surface area contributed by atoms with Crippen LogP contribution in [0.25, 0.3) is 0 Å². The molecular formula is C22H24F2N4O3. The van der Waals surface area contributed by atoms with Gasteiger partial charge in [0.2, 0.25) is 0 Å². The predicted octanol–water partition coefficient (Wildman–Crippen LogP) is 3.83. The maximum atomic E-state index is 14.7. The van der Waals surface area contributed by atoms with Gasteiger partial charge in [0.15, 0.2) is 5.82 Å². The number of halogens is 2. The van der Waals surface area contributed by atoms with Crippen LogP contribution in [0.1, 0.15) is 29.6 Å². The van der Waals surface area contributed by atoms with Crippen molar-refractivity contribution in [3.8, 4) is 0 Å². The fourth-order valence-electron chi connectivity index (χ4n) is 4.27. The monoisotopic (exact) mass is 430 g/mol. The van der Waals surface area contributed by atoms with Crippen molar-refractivity contribution < 1.29 is 18.5 Å². The summed E-state index contributed by atoms with van der Waals surface area (Å²) < 4.78 is 28.6. The number of amides is 1. The SMILES string of the molecule is O=C(c1ccccc1F)N1CCN(c2cc(N3CCCCC3)c(F)cc2[N+](=O)[O-])CC1. The molecule has 0 radical (unpaired) electrons. The molecule has 2 aromatic carbocycles. The van der Waals surface area contributed by atoms with E-state index >= 15 is 0 Å². The highest BCUT2D eigenvalue weighted by molar-refractivity contribution is 5.94. The number of piperidine rings is 1. The van der Waals surface area contributed by atoms with E-state index in [0.29, 0.717) is 37.6 Å². The van der Waals surface area contributed by atoms with Gasteiger partial charge in [0.05, 0.1) is 22.2 Å². The van der Waals surface area contributed by atoms with Crippen LogP contribution in [0.5, 0.6) is 0 Å². The van der Waals surface area contributed by atoms with Gasteiger partial charge in [-0.2, -0.15) is 0 Å². The number of nitrogens with zero attached hydrogens (tertiary/aromatic N) is 4. The standard InChI is InChI=1S/C22H24F2N4O3/c23-17-7-3-2-6-16(17)22(29)27-12-10-26(11-13-27)20-15-19(25-8-4-1-5-9-25)18(24)14-21(20)28(30)31/h2-3,6-7,14-15H,1,4-5,8-13H2. The van der Waals surface area contributed by atoms with Crippen molar-refractivity contribution >= 4 is 23.0 Å². The van der Waals surface area contributed by atoms with Crippen molar-refractivity contribution in [3.05, 3.63) is 63.7 Å². The van der Waals surface area contributed by atoms with Crippen molar-refractivity contribution in [1.29, 1.82) is 0 Å². The van der Waals surface area contributed by atoms with Gasteiger partial charge in [0, 0.05) is 39.3 Å². The minimum absolute atomic E-state index is 0.0103. The molecule has 164 valence electrons. The Morgan fingerprint density at radius 3 is 2.13 bits per heavy atom. The fourth-order valence-corrected chi connectivity index (χ4v) is 4.27. The number of piperazine rings is 1. The average Bonchev–Trinajstić information content (AvgIpc) is 2.79. The van der Waals surface area contributed by atoms with Crippen LogP contribution in [0.3, 0.4) is 0 Å². The van der Waals surface area contributed by atoms with Gasteiger partial charge >= 0.3 is 0 Å². The number of rotatable bonds is 4. The van der Waals surface area contributed by atoms with E-state index < -0.39 is 22.5 Å². The van der Waals surface area contributed by atoms with Crippen LogP contribution < -0.4 is 9.80 Å². The first-order valence-corrected chi connectivity index (χ1v) is 10.5. The number of carbonyl (C=O) groups is 1. The Balaban J connectivity index is 1.55. The normalized spacial score (nSPS) is 17.0. The van der Waals surface area contributed by atoms with Crippen LogP contribution in [0, 0.1) is 21.7 Å². The molecule has 0 spiro atoms. The van der Waals surface area contributed by atoms with E-state index in [-0.39, 0.29) is 11.3 Å². The molecule has 2 aromatic rings. The summed E-state index contributed by atoms with van der Waals surface area (Å²) >= 11 is 0. The van der Waals surface area contributed by atoms with Gasteiger partial charge in [-0.3, -0.25) is 14.9 Å². The van der Waals surface area contributed by atoms with E-state index in [1.165, 1.54) is 23.1 Å². The second kappa shape index (κ2) is 8.87. The van der Waals surface area contributed by atoms with Gasteiger partial charge in [-0.05, 0) is 37.5 Å². The van der Waals surface area contributed by atoms with E-state index in [0.717, 1.165) is 38.4 Å². The largest absolute Gasteiger partial charge is 0.369 e. The Kier molecular flexibility index (Phi) is 6.01. The highest BCUT2D eigenvalue weighted by Gasteiger charge is 2.29. The highest BCUT2D eigenvalue weighted by Crippen LogP contribution is 2.36. The van der Waals surface area contributed by atoms with Crippen LogP contribution in [-0.2, 0) is 0 Å². The number of nitro groups is 1. The number of hydrogen-bond acceptors (Lipinski definition) is 5. The van der Waals surface area contributed by atoms with Crippen LogP contribution in [-0.4, -0.2) is 55.0 Å². The third kappa shape index (κ3) is 4.30. The minimum atomic E-state index is -0.592. The number of benzene rings is 2.